The smallest absolute Gasteiger partial charge is 0.326 e. The first-order chi connectivity index (χ1) is 9.40. The molecular formula is C13H15F2NO3S. The van der Waals surface area contributed by atoms with E-state index in [1.807, 2.05) is 0 Å². The SMILES string of the molecule is CC(=O)NC(CCSCc1ccc(F)cc1F)C(=O)O. The van der Waals surface area contributed by atoms with Gasteiger partial charge in [0.15, 0.2) is 0 Å². The van der Waals surface area contributed by atoms with Gasteiger partial charge in [-0.3, -0.25) is 4.79 Å². The van der Waals surface area contributed by atoms with Crippen LogP contribution in [0.25, 0.3) is 0 Å². The van der Waals surface area contributed by atoms with Crippen molar-refractivity contribution in [3.63, 3.8) is 0 Å². The van der Waals surface area contributed by atoms with E-state index in [2.05, 4.69) is 5.32 Å². The van der Waals surface area contributed by atoms with Crippen LogP contribution < -0.4 is 5.32 Å². The lowest BCUT2D eigenvalue weighted by atomic mass is 10.2. The number of carbonyl (C=O) groups excluding carboxylic acids is 1. The highest BCUT2D eigenvalue weighted by Crippen LogP contribution is 2.17. The fraction of sp³-hybridized carbons (Fsp3) is 0.385. The monoisotopic (exact) mass is 303 g/mol. The van der Waals surface area contributed by atoms with Crippen LogP contribution >= 0.6 is 11.8 Å². The standard InChI is InChI=1S/C13H15F2NO3S/c1-8(17)16-12(13(18)19)4-5-20-7-9-2-3-10(14)6-11(9)15/h2-3,6,12H,4-5,7H2,1H3,(H,16,17)(H,18,19). The second-order valence-corrected chi connectivity index (χ2v) is 5.27. The second-order valence-electron chi connectivity index (χ2n) is 4.17. The number of benzene rings is 1. The first kappa shape index (κ1) is 16.4. The van der Waals surface area contributed by atoms with Crippen LogP contribution in [0.4, 0.5) is 8.78 Å². The average Bonchev–Trinajstić information content (AvgIpc) is 2.34. The van der Waals surface area contributed by atoms with Crippen molar-refractivity contribution >= 4 is 23.6 Å². The van der Waals surface area contributed by atoms with Gasteiger partial charge in [-0.1, -0.05) is 6.07 Å². The molecule has 1 aromatic carbocycles. The van der Waals surface area contributed by atoms with Crippen LogP contribution in [-0.2, 0) is 15.3 Å². The Labute approximate surface area is 119 Å². The Morgan fingerprint density at radius 2 is 2.10 bits per heavy atom. The summed E-state index contributed by atoms with van der Waals surface area (Å²) in [6.45, 7) is 1.25. The van der Waals surface area contributed by atoms with Crippen LogP contribution in [-0.4, -0.2) is 28.8 Å². The van der Waals surface area contributed by atoms with E-state index in [0.29, 0.717) is 17.1 Å². The van der Waals surface area contributed by atoms with Gasteiger partial charge in [-0.25, -0.2) is 13.6 Å². The predicted molar refractivity (Wildman–Crippen MR) is 72.4 cm³/mol. The molecule has 0 saturated heterocycles. The lowest BCUT2D eigenvalue weighted by molar-refractivity contribution is -0.141. The van der Waals surface area contributed by atoms with Crippen LogP contribution in [0.5, 0.6) is 0 Å². The first-order valence-electron chi connectivity index (χ1n) is 5.91. The van der Waals surface area contributed by atoms with Crippen molar-refractivity contribution in [2.45, 2.75) is 25.1 Å². The average molecular weight is 303 g/mol. The van der Waals surface area contributed by atoms with Gasteiger partial charge >= 0.3 is 5.97 Å². The van der Waals surface area contributed by atoms with Gasteiger partial charge in [-0.2, -0.15) is 11.8 Å². The molecule has 1 amide bonds. The summed E-state index contributed by atoms with van der Waals surface area (Å²) in [5, 5.41) is 11.2. The van der Waals surface area contributed by atoms with Crippen molar-refractivity contribution in [3.05, 3.63) is 35.4 Å². The number of carboxylic acids is 1. The van der Waals surface area contributed by atoms with Crippen molar-refractivity contribution in [1.82, 2.24) is 5.32 Å². The number of carbonyl (C=O) groups is 2. The Hall–Kier alpha value is -1.63. The summed E-state index contributed by atoms with van der Waals surface area (Å²) >= 11 is 1.32. The van der Waals surface area contributed by atoms with Gasteiger partial charge in [-0.05, 0) is 23.8 Å². The van der Waals surface area contributed by atoms with Gasteiger partial charge < -0.3 is 10.4 Å². The van der Waals surface area contributed by atoms with Crippen molar-refractivity contribution in [3.8, 4) is 0 Å². The van der Waals surface area contributed by atoms with E-state index in [9.17, 15) is 18.4 Å². The van der Waals surface area contributed by atoms with Crippen LogP contribution in [0.1, 0.15) is 18.9 Å². The van der Waals surface area contributed by atoms with Crippen LogP contribution in [0.3, 0.4) is 0 Å². The quantitative estimate of drug-likeness (QED) is 0.758. The third-order valence-corrected chi connectivity index (χ3v) is 3.54. The molecule has 0 aromatic heterocycles. The largest absolute Gasteiger partial charge is 0.480 e. The van der Waals surface area contributed by atoms with Gasteiger partial charge in [-0.15, -0.1) is 0 Å². The molecule has 0 bridgehead atoms. The summed E-state index contributed by atoms with van der Waals surface area (Å²) in [7, 11) is 0. The normalized spacial score (nSPS) is 11.9. The Morgan fingerprint density at radius 1 is 1.40 bits per heavy atom. The minimum absolute atomic E-state index is 0.238. The Kier molecular flexibility index (Phi) is 6.44. The van der Waals surface area contributed by atoms with E-state index in [4.69, 9.17) is 5.11 Å². The third-order valence-electron chi connectivity index (χ3n) is 2.50. The third kappa shape index (κ3) is 5.56. The number of hydrogen-bond acceptors (Lipinski definition) is 3. The number of thioether (sulfide) groups is 1. The van der Waals surface area contributed by atoms with E-state index >= 15 is 0 Å². The molecule has 1 atom stereocenters. The maximum atomic E-state index is 13.3. The van der Waals surface area contributed by atoms with Crippen molar-refractivity contribution in [1.29, 1.82) is 0 Å². The summed E-state index contributed by atoms with van der Waals surface area (Å²) in [4.78, 5) is 21.7. The molecule has 0 spiro atoms. The highest BCUT2D eigenvalue weighted by molar-refractivity contribution is 7.98. The molecular weight excluding hydrogens is 288 g/mol. The maximum absolute atomic E-state index is 13.3. The number of hydrogen-bond donors (Lipinski definition) is 2. The summed E-state index contributed by atoms with van der Waals surface area (Å²) in [5.74, 6) is -2.00. The molecule has 0 aliphatic heterocycles. The molecule has 0 saturated carbocycles. The van der Waals surface area contributed by atoms with Gasteiger partial charge in [0.05, 0.1) is 0 Å². The van der Waals surface area contributed by atoms with Crippen LogP contribution in [0.2, 0.25) is 0 Å². The molecule has 0 fully saturated rings. The molecule has 2 N–H and O–H groups in total. The minimum atomic E-state index is -1.10. The number of carboxylic acid groups (broad SMARTS) is 1. The molecule has 20 heavy (non-hydrogen) atoms. The molecule has 1 unspecified atom stereocenters. The van der Waals surface area contributed by atoms with Gasteiger partial charge in [0.2, 0.25) is 5.91 Å². The summed E-state index contributed by atoms with van der Waals surface area (Å²) < 4.78 is 26.0. The molecule has 0 heterocycles. The Bertz CT molecular complexity index is 497. The second kappa shape index (κ2) is 7.84. The topological polar surface area (TPSA) is 66.4 Å². The number of nitrogens with one attached hydrogen (secondary N) is 1. The molecule has 110 valence electrons. The molecule has 1 aromatic rings. The van der Waals surface area contributed by atoms with Gasteiger partial charge in [0, 0.05) is 18.7 Å². The molecule has 7 heteroatoms. The number of rotatable bonds is 7. The van der Waals surface area contributed by atoms with Crippen molar-refractivity contribution in [2.75, 3.05) is 5.75 Å². The van der Waals surface area contributed by atoms with E-state index in [-0.39, 0.29) is 6.42 Å². The van der Waals surface area contributed by atoms with E-state index in [0.717, 1.165) is 6.07 Å². The Balaban J connectivity index is 2.40. The fourth-order valence-electron chi connectivity index (χ4n) is 1.52. The van der Waals surface area contributed by atoms with E-state index in [1.54, 1.807) is 0 Å². The number of halogens is 2. The zero-order valence-corrected chi connectivity index (χ0v) is 11.7. The minimum Gasteiger partial charge on any atom is -0.480 e. The lowest BCUT2D eigenvalue weighted by Gasteiger charge is -2.12. The summed E-state index contributed by atoms with van der Waals surface area (Å²) in [5.41, 5.74) is 0.364. The zero-order valence-electron chi connectivity index (χ0n) is 10.9. The molecule has 0 radical (unpaired) electrons. The zero-order chi connectivity index (χ0) is 15.1. The van der Waals surface area contributed by atoms with Gasteiger partial charge in [0.1, 0.15) is 17.7 Å². The summed E-state index contributed by atoms with van der Waals surface area (Å²) in [6, 6.07) is 2.40. The Morgan fingerprint density at radius 3 is 2.65 bits per heavy atom. The first-order valence-corrected chi connectivity index (χ1v) is 7.07. The number of amides is 1. The van der Waals surface area contributed by atoms with Crippen molar-refractivity contribution in [2.24, 2.45) is 0 Å². The van der Waals surface area contributed by atoms with Crippen LogP contribution in [0.15, 0.2) is 18.2 Å². The van der Waals surface area contributed by atoms with Crippen molar-refractivity contribution < 1.29 is 23.5 Å². The molecule has 0 aliphatic carbocycles. The maximum Gasteiger partial charge on any atom is 0.326 e. The fourth-order valence-corrected chi connectivity index (χ4v) is 2.53. The highest BCUT2D eigenvalue weighted by Gasteiger charge is 2.17. The summed E-state index contributed by atoms with van der Waals surface area (Å²) in [6.07, 6.45) is 0.238. The van der Waals surface area contributed by atoms with E-state index in [1.165, 1.54) is 30.8 Å². The van der Waals surface area contributed by atoms with Gasteiger partial charge in [0.25, 0.3) is 0 Å². The van der Waals surface area contributed by atoms with Crippen LogP contribution in [0, 0.1) is 11.6 Å². The number of aliphatic carboxylic acids is 1. The van der Waals surface area contributed by atoms with E-state index < -0.39 is 29.6 Å². The predicted octanol–water partition coefficient (Wildman–Crippen LogP) is 2.18. The molecule has 4 nitrogen and oxygen atoms in total. The lowest BCUT2D eigenvalue weighted by Crippen LogP contribution is -2.39. The molecule has 1 rings (SSSR count). The molecule has 0 aliphatic rings. The highest BCUT2D eigenvalue weighted by atomic mass is 32.2.